The standard InChI is InChI=1S/C14H18ClNO2/c1-18-12-5-4-11(15)8-10(12)9-13(17)14(16)6-2-3-7-14/h4-5,8H,2-3,6-7,9,16H2,1H3. The summed E-state index contributed by atoms with van der Waals surface area (Å²) in [5.74, 6) is 0.773. The Balaban J connectivity index is 2.18. The Kier molecular flexibility index (Phi) is 3.93. The van der Waals surface area contributed by atoms with E-state index in [-0.39, 0.29) is 5.78 Å². The third-order valence-corrected chi connectivity index (χ3v) is 3.88. The van der Waals surface area contributed by atoms with Crippen molar-refractivity contribution in [1.82, 2.24) is 0 Å². The molecular weight excluding hydrogens is 250 g/mol. The van der Waals surface area contributed by atoms with Crippen molar-refractivity contribution in [1.29, 1.82) is 0 Å². The number of methoxy groups -OCH3 is 1. The SMILES string of the molecule is COc1ccc(Cl)cc1CC(=O)C1(N)CCCC1. The van der Waals surface area contributed by atoms with E-state index in [9.17, 15) is 4.79 Å². The van der Waals surface area contributed by atoms with Crippen molar-refractivity contribution in [3.63, 3.8) is 0 Å². The van der Waals surface area contributed by atoms with Gasteiger partial charge in [0.2, 0.25) is 0 Å². The normalized spacial score (nSPS) is 17.7. The molecule has 0 amide bonds. The van der Waals surface area contributed by atoms with Crippen LogP contribution in [0.3, 0.4) is 0 Å². The second-order valence-electron chi connectivity index (χ2n) is 4.92. The first-order valence-electron chi connectivity index (χ1n) is 6.20. The largest absolute Gasteiger partial charge is 0.496 e. The van der Waals surface area contributed by atoms with Crippen LogP contribution < -0.4 is 10.5 Å². The summed E-state index contributed by atoms with van der Waals surface area (Å²) in [5, 5.41) is 0.607. The van der Waals surface area contributed by atoms with Crippen molar-refractivity contribution in [2.75, 3.05) is 7.11 Å². The molecule has 0 bridgehead atoms. The average molecular weight is 268 g/mol. The summed E-state index contributed by atoms with van der Waals surface area (Å²) in [4.78, 5) is 12.3. The number of hydrogen-bond donors (Lipinski definition) is 1. The maximum atomic E-state index is 12.3. The van der Waals surface area contributed by atoms with Crippen LogP contribution >= 0.6 is 11.6 Å². The molecular formula is C14H18ClNO2. The number of Topliss-reactive ketones (excluding diaryl/α,β-unsaturated/α-hetero) is 1. The van der Waals surface area contributed by atoms with E-state index in [0.29, 0.717) is 17.2 Å². The molecule has 2 N–H and O–H groups in total. The molecule has 1 aromatic rings. The summed E-state index contributed by atoms with van der Waals surface area (Å²) in [6, 6.07) is 5.31. The van der Waals surface area contributed by atoms with Crippen LogP contribution in [0.15, 0.2) is 18.2 Å². The van der Waals surface area contributed by atoms with Crippen LogP contribution in [0, 0.1) is 0 Å². The van der Waals surface area contributed by atoms with Gasteiger partial charge in [-0.05, 0) is 31.0 Å². The van der Waals surface area contributed by atoms with Crippen LogP contribution in [0.1, 0.15) is 31.2 Å². The number of halogens is 1. The lowest BCUT2D eigenvalue weighted by Gasteiger charge is -2.22. The molecule has 2 rings (SSSR count). The van der Waals surface area contributed by atoms with Crippen LogP contribution in [0.4, 0.5) is 0 Å². The average Bonchev–Trinajstić information content (AvgIpc) is 2.78. The van der Waals surface area contributed by atoms with E-state index in [1.165, 1.54) is 0 Å². The molecule has 0 spiro atoms. The second-order valence-corrected chi connectivity index (χ2v) is 5.36. The van der Waals surface area contributed by atoms with Crippen molar-refractivity contribution in [2.45, 2.75) is 37.6 Å². The van der Waals surface area contributed by atoms with E-state index in [1.807, 2.05) is 0 Å². The molecule has 1 fully saturated rings. The van der Waals surface area contributed by atoms with Crippen LogP contribution in [0.25, 0.3) is 0 Å². The Morgan fingerprint density at radius 3 is 2.72 bits per heavy atom. The number of rotatable bonds is 4. The molecule has 1 aliphatic carbocycles. The number of carbonyl (C=O) groups excluding carboxylic acids is 1. The van der Waals surface area contributed by atoms with Gasteiger partial charge in [-0.3, -0.25) is 4.79 Å². The molecule has 1 aliphatic rings. The van der Waals surface area contributed by atoms with Crippen molar-refractivity contribution < 1.29 is 9.53 Å². The van der Waals surface area contributed by atoms with Crippen LogP contribution in [-0.4, -0.2) is 18.4 Å². The van der Waals surface area contributed by atoms with E-state index in [0.717, 1.165) is 31.2 Å². The van der Waals surface area contributed by atoms with Gasteiger partial charge in [-0.2, -0.15) is 0 Å². The summed E-state index contributed by atoms with van der Waals surface area (Å²) in [6.07, 6.45) is 3.94. The van der Waals surface area contributed by atoms with Gasteiger partial charge in [-0.1, -0.05) is 24.4 Å². The highest BCUT2D eigenvalue weighted by Crippen LogP contribution is 2.31. The first kappa shape index (κ1) is 13.4. The molecule has 4 heteroatoms. The molecule has 0 radical (unpaired) electrons. The van der Waals surface area contributed by atoms with Gasteiger partial charge in [0.25, 0.3) is 0 Å². The van der Waals surface area contributed by atoms with Crippen molar-refractivity contribution in [3.8, 4) is 5.75 Å². The van der Waals surface area contributed by atoms with Gasteiger partial charge < -0.3 is 10.5 Å². The van der Waals surface area contributed by atoms with Crippen LogP contribution in [-0.2, 0) is 11.2 Å². The molecule has 0 aliphatic heterocycles. The van der Waals surface area contributed by atoms with E-state index < -0.39 is 5.54 Å². The van der Waals surface area contributed by atoms with E-state index in [2.05, 4.69) is 0 Å². The van der Waals surface area contributed by atoms with Crippen molar-refractivity contribution in [2.24, 2.45) is 5.73 Å². The molecule has 0 unspecified atom stereocenters. The number of carbonyl (C=O) groups is 1. The summed E-state index contributed by atoms with van der Waals surface area (Å²) in [6.45, 7) is 0. The van der Waals surface area contributed by atoms with E-state index in [4.69, 9.17) is 22.1 Å². The summed E-state index contributed by atoms with van der Waals surface area (Å²) in [5.41, 5.74) is 6.32. The number of hydrogen-bond acceptors (Lipinski definition) is 3. The number of ether oxygens (including phenoxy) is 1. The Morgan fingerprint density at radius 1 is 1.44 bits per heavy atom. The topological polar surface area (TPSA) is 52.3 Å². The monoisotopic (exact) mass is 267 g/mol. The van der Waals surface area contributed by atoms with Crippen molar-refractivity contribution >= 4 is 17.4 Å². The van der Waals surface area contributed by atoms with Gasteiger partial charge in [0, 0.05) is 17.0 Å². The molecule has 0 aromatic heterocycles. The van der Waals surface area contributed by atoms with Gasteiger partial charge in [-0.15, -0.1) is 0 Å². The molecule has 98 valence electrons. The highest BCUT2D eigenvalue weighted by Gasteiger charge is 2.36. The van der Waals surface area contributed by atoms with Gasteiger partial charge >= 0.3 is 0 Å². The van der Waals surface area contributed by atoms with Gasteiger partial charge in [0.1, 0.15) is 5.75 Å². The Labute approximate surface area is 112 Å². The zero-order chi connectivity index (χ0) is 13.2. The molecule has 0 heterocycles. The zero-order valence-electron chi connectivity index (χ0n) is 10.5. The lowest BCUT2D eigenvalue weighted by molar-refractivity contribution is -0.123. The number of nitrogens with two attached hydrogens (primary N) is 1. The first-order chi connectivity index (χ1) is 8.55. The molecule has 1 aromatic carbocycles. The van der Waals surface area contributed by atoms with Crippen LogP contribution in [0.5, 0.6) is 5.75 Å². The van der Waals surface area contributed by atoms with Crippen LogP contribution in [0.2, 0.25) is 5.02 Å². The zero-order valence-corrected chi connectivity index (χ0v) is 11.3. The predicted octanol–water partition coefficient (Wildman–Crippen LogP) is 2.73. The Hall–Kier alpha value is -1.06. The fraction of sp³-hybridized carbons (Fsp3) is 0.500. The van der Waals surface area contributed by atoms with Gasteiger partial charge in [-0.25, -0.2) is 0 Å². The summed E-state index contributed by atoms with van der Waals surface area (Å²) >= 11 is 5.95. The smallest absolute Gasteiger partial charge is 0.157 e. The highest BCUT2D eigenvalue weighted by atomic mass is 35.5. The second kappa shape index (κ2) is 5.29. The molecule has 0 saturated heterocycles. The van der Waals surface area contributed by atoms with Crippen molar-refractivity contribution in [3.05, 3.63) is 28.8 Å². The number of benzene rings is 1. The Morgan fingerprint density at radius 2 is 2.11 bits per heavy atom. The minimum atomic E-state index is -0.646. The lowest BCUT2D eigenvalue weighted by Crippen LogP contribution is -2.46. The fourth-order valence-electron chi connectivity index (χ4n) is 2.52. The molecule has 0 atom stereocenters. The number of ketones is 1. The summed E-state index contributed by atoms with van der Waals surface area (Å²) < 4.78 is 5.25. The fourth-order valence-corrected chi connectivity index (χ4v) is 2.71. The maximum Gasteiger partial charge on any atom is 0.157 e. The third-order valence-electron chi connectivity index (χ3n) is 3.64. The first-order valence-corrected chi connectivity index (χ1v) is 6.57. The lowest BCUT2D eigenvalue weighted by atomic mass is 9.89. The minimum absolute atomic E-state index is 0.0839. The Bertz CT molecular complexity index is 453. The van der Waals surface area contributed by atoms with E-state index in [1.54, 1.807) is 25.3 Å². The predicted molar refractivity (Wildman–Crippen MR) is 72.1 cm³/mol. The maximum absolute atomic E-state index is 12.3. The van der Waals surface area contributed by atoms with Gasteiger partial charge in [0.05, 0.1) is 12.6 Å². The highest BCUT2D eigenvalue weighted by molar-refractivity contribution is 6.30. The molecule has 1 saturated carbocycles. The minimum Gasteiger partial charge on any atom is -0.496 e. The quantitative estimate of drug-likeness (QED) is 0.913. The third kappa shape index (κ3) is 2.68. The molecule has 3 nitrogen and oxygen atoms in total. The van der Waals surface area contributed by atoms with Gasteiger partial charge in [0.15, 0.2) is 5.78 Å². The summed E-state index contributed by atoms with van der Waals surface area (Å²) in [7, 11) is 1.59. The molecule has 18 heavy (non-hydrogen) atoms. The van der Waals surface area contributed by atoms with E-state index >= 15 is 0 Å².